The molecule has 1 aliphatic heterocycles. The van der Waals surface area contributed by atoms with Gasteiger partial charge in [0.2, 0.25) is 0 Å². The minimum Gasteiger partial charge on any atom is -0.493 e. The molecule has 1 unspecified atom stereocenters. The van der Waals surface area contributed by atoms with Crippen molar-refractivity contribution in [3.05, 3.63) is 36.2 Å². The number of nitrogens with zero attached hydrogens (tertiary/aromatic N) is 3. The monoisotopic (exact) mass is 347 g/mol. The van der Waals surface area contributed by atoms with E-state index in [1.807, 2.05) is 0 Å². The van der Waals surface area contributed by atoms with E-state index in [9.17, 15) is 9.59 Å². The highest BCUT2D eigenvalue weighted by Gasteiger charge is 2.30. The SMILES string of the molecule is COc1cc(/C=C\C2Sc3nncn3C2=O)ccc1OCC(=O)O. The zero-order valence-corrected chi connectivity index (χ0v) is 13.4. The van der Waals surface area contributed by atoms with E-state index in [-0.39, 0.29) is 11.2 Å². The number of hydrogen-bond donors (Lipinski definition) is 1. The summed E-state index contributed by atoms with van der Waals surface area (Å²) in [6, 6.07) is 5.08. The summed E-state index contributed by atoms with van der Waals surface area (Å²) in [5, 5.41) is 16.4. The lowest BCUT2D eigenvalue weighted by molar-refractivity contribution is -0.139. The van der Waals surface area contributed by atoms with Crippen LogP contribution in [0.15, 0.2) is 35.8 Å². The first-order valence-electron chi connectivity index (χ1n) is 6.90. The first-order valence-corrected chi connectivity index (χ1v) is 7.78. The van der Waals surface area contributed by atoms with Crippen molar-refractivity contribution in [3.8, 4) is 11.5 Å². The van der Waals surface area contributed by atoms with Crippen molar-refractivity contribution in [2.24, 2.45) is 0 Å². The van der Waals surface area contributed by atoms with Gasteiger partial charge in [0.1, 0.15) is 11.6 Å². The van der Waals surface area contributed by atoms with Crippen LogP contribution in [0.2, 0.25) is 0 Å². The van der Waals surface area contributed by atoms with Gasteiger partial charge >= 0.3 is 5.97 Å². The highest BCUT2D eigenvalue weighted by atomic mass is 32.2. The largest absolute Gasteiger partial charge is 0.493 e. The molecule has 2 aromatic rings. The number of carbonyl (C=O) groups excluding carboxylic acids is 1. The summed E-state index contributed by atoms with van der Waals surface area (Å²) in [6.45, 7) is -0.446. The van der Waals surface area contributed by atoms with Crippen molar-refractivity contribution >= 4 is 29.7 Å². The van der Waals surface area contributed by atoms with Crippen LogP contribution >= 0.6 is 11.8 Å². The lowest BCUT2D eigenvalue weighted by Gasteiger charge is -2.09. The Bertz CT molecular complexity index is 817. The van der Waals surface area contributed by atoms with Gasteiger partial charge in [-0.05, 0) is 17.7 Å². The number of ether oxygens (including phenoxy) is 2. The number of carboxylic acid groups (broad SMARTS) is 1. The molecular weight excluding hydrogens is 334 g/mol. The lowest BCUT2D eigenvalue weighted by atomic mass is 10.1. The van der Waals surface area contributed by atoms with Crippen LogP contribution in [0.5, 0.6) is 11.5 Å². The minimum absolute atomic E-state index is 0.0929. The molecule has 3 rings (SSSR count). The topological polar surface area (TPSA) is 104 Å². The van der Waals surface area contributed by atoms with Gasteiger partial charge in [-0.1, -0.05) is 30.0 Å². The fourth-order valence-corrected chi connectivity index (χ4v) is 3.07. The van der Waals surface area contributed by atoms with Gasteiger partial charge in [0.05, 0.1) is 7.11 Å². The van der Waals surface area contributed by atoms with Crippen molar-refractivity contribution in [1.82, 2.24) is 14.8 Å². The molecule has 2 heterocycles. The molecule has 1 aromatic heterocycles. The van der Waals surface area contributed by atoms with Crippen LogP contribution in [0.1, 0.15) is 10.4 Å². The second kappa shape index (κ2) is 6.75. The van der Waals surface area contributed by atoms with E-state index in [1.54, 1.807) is 30.4 Å². The van der Waals surface area contributed by atoms with E-state index < -0.39 is 12.6 Å². The molecule has 0 fully saturated rings. The molecule has 1 aromatic carbocycles. The maximum atomic E-state index is 12.1. The molecular formula is C15H13N3O5S. The van der Waals surface area contributed by atoms with Gasteiger partial charge in [0, 0.05) is 0 Å². The zero-order chi connectivity index (χ0) is 17.1. The predicted octanol–water partition coefficient (Wildman–Crippen LogP) is 1.58. The fraction of sp³-hybridized carbons (Fsp3) is 0.200. The molecule has 24 heavy (non-hydrogen) atoms. The van der Waals surface area contributed by atoms with Gasteiger partial charge in [-0.3, -0.25) is 4.79 Å². The van der Waals surface area contributed by atoms with Crippen molar-refractivity contribution < 1.29 is 24.2 Å². The summed E-state index contributed by atoms with van der Waals surface area (Å²) in [6.07, 6.45) is 4.96. The Morgan fingerprint density at radius 3 is 3.00 bits per heavy atom. The standard InChI is InChI=1S/C15H13N3O5S/c1-22-11-6-9(2-4-10(11)23-7-13(19)20)3-5-12-14(21)18-8-16-17-15(18)24-12/h2-6,8,12H,7H2,1H3,(H,19,20)/b5-3-. The van der Waals surface area contributed by atoms with E-state index in [0.717, 1.165) is 5.56 Å². The predicted molar refractivity (Wildman–Crippen MR) is 85.5 cm³/mol. The molecule has 1 atom stereocenters. The molecule has 8 nitrogen and oxygen atoms in total. The number of thioether (sulfide) groups is 1. The van der Waals surface area contributed by atoms with Gasteiger partial charge < -0.3 is 14.6 Å². The van der Waals surface area contributed by atoms with Crippen molar-refractivity contribution in [1.29, 1.82) is 0 Å². The third-order valence-corrected chi connectivity index (χ3v) is 4.33. The Kier molecular flexibility index (Phi) is 4.52. The molecule has 0 aliphatic carbocycles. The van der Waals surface area contributed by atoms with Crippen LogP contribution in [-0.4, -0.2) is 50.7 Å². The van der Waals surface area contributed by atoms with Gasteiger partial charge in [-0.25, -0.2) is 9.36 Å². The van der Waals surface area contributed by atoms with Crippen LogP contribution in [0.4, 0.5) is 0 Å². The quantitative estimate of drug-likeness (QED) is 0.840. The van der Waals surface area contributed by atoms with Crippen LogP contribution in [0.25, 0.3) is 6.08 Å². The highest BCUT2D eigenvalue weighted by molar-refractivity contribution is 8.01. The molecule has 0 amide bonds. The Labute approximate surface area is 141 Å². The Balaban J connectivity index is 1.72. The maximum absolute atomic E-state index is 12.1. The summed E-state index contributed by atoms with van der Waals surface area (Å²) >= 11 is 1.33. The lowest BCUT2D eigenvalue weighted by Crippen LogP contribution is -2.14. The van der Waals surface area contributed by atoms with Crippen LogP contribution in [-0.2, 0) is 4.79 Å². The number of benzene rings is 1. The first-order chi connectivity index (χ1) is 11.6. The number of hydrogen-bond acceptors (Lipinski definition) is 7. The maximum Gasteiger partial charge on any atom is 0.341 e. The van der Waals surface area contributed by atoms with Crippen molar-refractivity contribution in [3.63, 3.8) is 0 Å². The van der Waals surface area contributed by atoms with E-state index in [2.05, 4.69) is 10.2 Å². The van der Waals surface area contributed by atoms with Gasteiger partial charge in [0.15, 0.2) is 23.3 Å². The van der Waals surface area contributed by atoms with E-state index in [4.69, 9.17) is 14.6 Å². The number of aliphatic carboxylic acids is 1. The smallest absolute Gasteiger partial charge is 0.341 e. The molecule has 0 bridgehead atoms. The summed E-state index contributed by atoms with van der Waals surface area (Å²) in [7, 11) is 1.47. The van der Waals surface area contributed by atoms with Crippen LogP contribution in [0, 0.1) is 0 Å². The molecule has 0 radical (unpaired) electrons. The van der Waals surface area contributed by atoms with Crippen LogP contribution < -0.4 is 9.47 Å². The molecule has 124 valence electrons. The number of rotatable bonds is 6. The Morgan fingerprint density at radius 2 is 2.29 bits per heavy atom. The molecule has 1 N–H and O–H groups in total. The first kappa shape index (κ1) is 16.1. The fourth-order valence-electron chi connectivity index (χ4n) is 2.12. The van der Waals surface area contributed by atoms with Gasteiger partial charge in [0.25, 0.3) is 5.91 Å². The number of methoxy groups -OCH3 is 1. The van der Waals surface area contributed by atoms with Crippen molar-refractivity contribution in [2.75, 3.05) is 13.7 Å². The minimum atomic E-state index is -1.07. The van der Waals surface area contributed by atoms with Gasteiger partial charge in [-0.2, -0.15) is 0 Å². The molecule has 9 heteroatoms. The third kappa shape index (κ3) is 3.25. The molecule has 0 saturated carbocycles. The van der Waals surface area contributed by atoms with Gasteiger partial charge in [-0.15, -0.1) is 10.2 Å². The van der Waals surface area contributed by atoms with E-state index in [0.29, 0.717) is 16.7 Å². The Hall–Kier alpha value is -2.81. The number of carbonyl (C=O) groups is 2. The van der Waals surface area contributed by atoms with Crippen molar-refractivity contribution in [2.45, 2.75) is 10.4 Å². The van der Waals surface area contributed by atoms with E-state index >= 15 is 0 Å². The third-order valence-electron chi connectivity index (χ3n) is 3.23. The summed E-state index contributed by atoms with van der Waals surface area (Å²) in [5.74, 6) is -0.398. The zero-order valence-electron chi connectivity index (χ0n) is 12.6. The molecule has 0 spiro atoms. The second-order valence-electron chi connectivity index (χ2n) is 4.81. The summed E-state index contributed by atoms with van der Waals surface area (Å²) < 4.78 is 11.8. The summed E-state index contributed by atoms with van der Waals surface area (Å²) in [4.78, 5) is 22.7. The highest BCUT2D eigenvalue weighted by Crippen LogP contribution is 2.32. The molecule has 0 saturated heterocycles. The Morgan fingerprint density at radius 1 is 1.46 bits per heavy atom. The van der Waals surface area contributed by atoms with E-state index in [1.165, 1.54) is 29.8 Å². The number of carboxylic acids is 1. The molecule has 1 aliphatic rings. The van der Waals surface area contributed by atoms with Crippen LogP contribution in [0.3, 0.4) is 0 Å². The number of aromatic nitrogens is 3. The summed E-state index contributed by atoms with van der Waals surface area (Å²) in [5.41, 5.74) is 0.797. The average molecular weight is 347 g/mol. The average Bonchev–Trinajstić information content (AvgIpc) is 3.14. The number of fused-ring (bicyclic) bond motifs is 1. The normalized spacial score (nSPS) is 16.4. The second-order valence-corrected chi connectivity index (χ2v) is 5.92.